The molecule has 1 aromatic carbocycles. The summed E-state index contributed by atoms with van der Waals surface area (Å²) >= 11 is 0. The molecule has 2 N–H and O–H groups in total. The second kappa shape index (κ2) is 5.31. The molecule has 0 radical (unpaired) electrons. The van der Waals surface area contributed by atoms with Gasteiger partial charge in [0.1, 0.15) is 0 Å². The Balaban J connectivity index is 1.70. The monoisotopic (exact) mass is 260 g/mol. The number of rotatable bonds is 2. The molecule has 0 atom stereocenters. The first-order valence-corrected chi connectivity index (χ1v) is 6.97. The Labute approximate surface area is 113 Å². The molecule has 2 aliphatic heterocycles. The highest BCUT2D eigenvalue weighted by atomic mass is 16.5. The van der Waals surface area contributed by atoms with E-state index in [1.165, 1.54) is 5.56 Å². The number of nitrogens with two attached hydrogens (primary N) is 1. The molecule has 3 rings (SSSR count). The van der Waals surface area contributed by atoms with Crippen molar-refractivity contribution in [2.24, 2.45) is 11.7 Å². The molecule has 1 fully saturated rings. The molecule has 1 amide bonds. The Morgan fingerprint density at radius 1 is 1.26 bits per heavy atom. The normalized spacial score (nSPS) is 19.5. The molecule has 0 unspecified atom stereocenters. The van der Waals surface area contributed by atoms with Gasteiger partial charge in [-0.25, -0.2) is 0 Å². The standard InChI is InChI=1S/C15H20N2O2/c16-8-11-3-5-17(6-4-11)15(18)12-1-2-13-9-19-10-14(13)7-12/h1-2,7,11H,3-6,8-10,16H2. The summed E-state index contributed by atoms with van der Waals surface area (Å²) in [4.78, 5) is 14.4. The van der Waals surface area contributed by atoms with Crippen LogP contribution in [-0.2, 0) is 18.0 Å². The third-order valence-corrected chi connectivity index (χ3v) is 4.20. The second-order valence-corrected chi connectivity index (χ2v) is 5.45. The minimum atomic E-state index is 0.144. The number of likely N-dealkylation sites (tertiary alicyclic amines) is 1. The van der Waals surface area contributed by atoms with E-state index < -0.39 is 0 Å². The minimum Gasteiger partial charge on any atom is -0.372 e. The van der Waals surface area contributed by atoms with Gasteiger partial charge in [0.15, 0.2) is 0 Å². The molecule has 2 heterocycles. The van der Waals surface area contributed by atoms with Crippen LogP contribution in [0.25, 0.3) is 0 Å². The molecule has 0 saturated carbocycles. The molecular formula is C15H20N2O2. The Morgan fingerprint density at radius 2 is 2.00 bits per heavy atom. The zero-order valence-corrected chi connectivity index (χ0v) is 11.1. The number of hydrogen-bond donors (Lipinski definition) is 1. The van der Waals surface area contributed by atoms with Crippen LogP contribution in [0, 0.1) is 5.92 Å². The fourth-order valence-electron chi connectivity index (χ4n) is 2.86. The molecule has 0 bridgehead atoms. The van der Waals surface area contributed by atoms with Gasteiger partial charge < -0.3 is 15.4 Å². The van der Waals surface area contributed by atoms with Gasteiger partial charge in [-0.15, -0.1) is 0 Å². The highest BCUT2D eigenvalue weighted by Gasteiger charge is 2.23. The van der Waals surface area contributed by atoms with Crippen molar-refractivity contribution in [2.45, 2.75) is 26.1 Å². The average Bonchev–Trinajstić information content (AvgIpc) is 2.94. The summed E-state index contributed by atoms with van der Waals surface area (Å²) < 4.78 is 5.38. The van der Waals surface area contributed by atoms with Gasteiger partial charge in [-0.05, 0) is 48.6 Å². The second-order valence-electron chi connectivity index (χ2n) is 5.45. The molecule has 0 spiro atoms. The van der Waals surface area contributed by atoms with E-state index in [9.17, 15) is 4.79 Å². The number of amides is 1. The van der Waals surface area contributed by atoms with E-state index in [-0.39, 0.29) is 5.91 Å². The van der Waals surface area contributed by atoms with Crippen LogP contribution in [0.5, 0.6) is 0 Å². The number of fused-ring (bicyclic) bond motifs is 1. The van der Waals surface area contributed by atoms with Crippen LogP contribution in [0.15, 0.2) is 18.2 Å². The fourth-order valence-corrected chi connectivity index (χ4v) is 2.86. The Morgan fingerprint density at radius 3 is 2.74 bits per heavy atom. The van der Waals surface area contributed by atoms with E-state index in [0.717, 1.165) is 43.6 Å². The summed E-state index contributed by atoms with van der Waals surface area (Å²) in [6.07, 6.45) is 2.05. The summed E-state index contributed by atoms with van der Waals surface area (Å²) in [6.45, 7) is 3.69. The van der Waals surface area contributed by atoms with Gasteiger partial charge in [-0.2, -0.15) is 0 Å². The predicted octanol–water partition coefficient (Wildman–Crippen LogP) is 1.53. The van der Waals surface area contributed by atoms with Crippen molar-refractivity contribution in [1.29, 1.82) is 0 Å². The highest BCUT2D eigenvalue weighted by molar-refractivity contribution is 5.94. The van der Waals surface area contributed by atoms with E-state index in [4.69, 9.17) is 10.5 Å². The van der Waals surface area contributed by atoms with E-state index in [0.29, 0.717) is 19.1 Å². The van der Waals surface area contributed by atoms with Gasteiger partial charge in [0.2, 0.25) is 0 Å². The van der Waals surface area contributed by atoms with Crippen LogP contribution in [0.4, 0.5) is 0 Å². The van der Waals surface area contributed by atoms with E-state index in [1.54, 1.807) is 0 Å². The molecule has 0 aromatic heterocycles. The summed E-state index contributed by atoms with van der Waals surface area (Å²) in [6, 6.07) is 5.92. The first-order chi connectivity index (χ1) is 9.28. The third-order valence-electron chi connectivity index (χ3n) is 4.20. The molecule has 4 nitrogen and oxygen atoms in total. The lowest BCUT2D eigenvalue weighted by Crippen LogP contribution is -2.40. The van der Waals surface area contributed by atoms with Crippen molar-refractivity contribution in [1.82, 2.24) is 4.90 Å². The number of ether oxygens (including phenoxy) is 1. The van der Waals surface area contributed by atoms with Crippen LogP contribution in [-0.4, -0.2) is 30.4 Å². The Hall–Kier alpha value is -1.39. The lowest BCUT2D eigenvalue weighted by Gasteiger charge is -2.31. The summed E-state index contributed by atoms with van der Waals surface area (Å²) in [5.74, 6) is 0.725. The summed E-state index contributed by atoms with van der Waals surface area (Å²) in [5, 5.41) is 0. The average molecular weight is 260 g/mol. The summed E-state index contributed by atoms with van der Waals surface area (Å²) in [5.41, 5.74) is 8.83. The van der Waals surface area contributed by atoms with Crippen molar-refractivity contribution >= 4 is 5.91 Å². The zero-order chi connectivity index (χ0) is 13.2. The zero-order valence-electron chi connectivity index (χ0n) is 11.1. The molecule has 1 saturated heterocycles. The Bertz CT molecular complexity index is 479. The SMILES string of the molecule is NCC1CCN(C(=O)c2ccc3c(c2)COC3)CC1. The first-order valence-electron chi connectivity index (χ1n) is 6.97. The van der Waals surface area contributed by atoms with E-state index >= 15 is 0 Å². The Kier molecular flexibility index (Phi) is 3.53. The van der Waals surface area contributed by atoms with Gasteiger partial charge in [-0.3, -0.25) is 4.79 Å². The number of nitrogens with zero attached hydrogens (tertiary/aromatic N) is 1. The number of hydrogen-bond acceptors (Lipinski definition) is 3. The van der Waals surface area contributed by atoms with Gasteiger partial charge in [0, 0.05) is 18.7 Å². The highest BCUT2D eigenvalue weighted by Crippen LogP contribution is 2.23. The van der Waals surface area contributed by atoms with Crippen LogP contribution in [0.3, 0.4) is 0 Å². The molecule has 2 aliphatic rings. The maximum absolute atomic E-state index is 12.4. The maximum Gasteiger partial charge on any atom is 0.253 e. The van der Waals surface area contributed by atoms with Crippen molar-refractivity contribution in [3.8, 4) is 0 Å². The maximum atomic E-state index is 12.4. The van der Waals surface area contributed by atoms with Gasteiger partial charge >= 0.3 is 0 Å². The van der Waals surface area contributed by atoms with E-state index in [1.807, 2.05) is 23.1 Å². The van der Waals surface area contributed by atoms with Crippen molar-refractivity contribution in [3.05, 3.63) is 34.9 Å². The van der Waals surface area contributed by atoms with E-state index in [2.05, 4.69) is 0 Å². The molecule has 19 heavy (non-hydrogen) atoms. The number of carbonyl (C=O) groups is 1. The fraction of sp³-hybridized carbons (Fsp3) is 0.533. The molecule has 102 valence electrons. The molecule has 4 heteroatoms. The number of benzene rings is 1. The molecule has 0 aliphatic carbocycles. The largest absolute Gasteiger partial charge is 0.372 e. The summed E-state index contributed by atoms with van der Waals surface area (Å²) in [7, 11) is 0. The smallest absolute Gasteiger partial charge is 0.253 e. The van der Waals surface area contributed by atoms with Crippen molar-refractivity contribution in [2.75, 3.05) is 19.6 Å². The van der Waals surface area contributed by atoms with Crippen molar-refractivity contribution < 1.29 is 9.53 Å². The topological polar surface area (TPSA) is 55.6 Å². The number of piperidine rings is 1. The van der Waals surface area contributed by atoms with Crippen LogP contribution >= 0.6 is 0 Å². The third kappa shape index (κ3) is 2.51. The first kappa shape index (κ1) is 12.6. The quantitative estimate of drug-likeness (QED) is 0.877. The number of carbonyl (C=O) groups excluding carboxylic acids is 1. The predicted molar refractivity (Wildman–Crippen MR) is 72.6 cm³/mol. The van der Waals surface area contributed by atoms with Gasteiger partial charge in [-0.1, -0.05) is 6.07 Å². The van der Waals surface area contributed by atoms with Crippen LogP contribution < -0.4 is 5.73 Å². The minimum absolute atomic E-state index is 0.144. The van der Waals surface area contributed by atoms with Crippen LogP contribution in [0.2, 0.25) is 0 Å². The molecule has 1 aromatic rings. The lowest BCUT2D eigenvalue weighted by molar-refractivity contribution is 0.0693. The lowest BCUT2D eigenvalue weighted by atomic mass is 9.96. The van der Waals surface area contributed by atoms with Gasteiger partial charge in [0.05, 0.1) is 13.2 Å². The van der Waals surface area contributed by atoms with Crippen LogP contribution in [0.1, 0.15) is 34.3 Å². The van der Waals surface area contributed by atoms with Crippen molar-refractivity contribution in [3.63, 3.8) is 0 Å². The van der Waals surface area contributed by atoms with Gasteiger partial charge in [0.25, 0.3) is 5.91 Å². The molecular weight excluding hydrogens is 240 g/mol.